The van der Waals surface area contributed by atoms with E-state index in [0.29, 0.717) is 23.0 Å². The fraction of sp³-hybridized carbons (Fsp3) is 0.364. The molecule has 0 radical (unpaired) electrons. The minimum atomic E-state index is -0.234. The maximum absolute atomic E-state index is 12.3. The van der Waals surface area contributed by atoms with Gasteiger partial charge in [-0.15, -0.1) is 0 Å². The van der Waals surface area contributed by atoms with Crippen molar-refractivity contribution in [1.82, 2.24) is 0 Å². The molecule has 0 fully saturated rings. The summed E-state index contributed by atoms with van der Waals surface area (Å²) in [5, 5.41) is 3.57. The van der Waals surface area contributed by atoms with Crippen LogP contribution in [0.5, 0.6) is 5.75 Å². The molecule has 0 aliphatic carbocycles. The van der Waals surface area contributed by atoms with Gasteiger partial charge in [-0.25, -0.2) is 0 Å². The number of nitrogens with zero attached hydrogens (tertiary/aromatic N) is 1. The molecule has 3 rings (SSSR count). The van der Waals surface area contributed by atoms with Gasteiger partial charge in [0.2, 0.25) is 5.91 Å². The molecule has 1 N–H and O–H groups in total. The largest absolute Gasteiger partial charge is 0.483 e. The van der Waals surface area contributed by atoms with Crippen LogP contribution in [0.3, 0.4) is 0 Å². The van der Waals surface area contributed by atoms with E-state index in [4.69, 9.17) is 16.3 Å². The van der Waals surface area contributed by atoms with Gasteiger partial charge < -0.3 is 15.0 Å². The van der Waals surface area contributed by atoms with Gasteiger partial charge in [-0.2, -0.15) is 0 Å². The number of benzene rings is 2. The van der Waals surface area contributed by atoms with Crippen LogP contribution < -0.4 is 15.0 Å². The molecule has 2 aromatic rings. The lowest BCUT2D eigenvalue weighted by molar-refractivity contribution is -0.118. The maximum Gasteiger partial charge on any atom is 0.262 e. The predicted octanol–water partition coefficient (Wildman–Crippen LogP) is 4.70. The molecule has 1 aliphatic rings. The highest BCUT2D eigenvalue weighted by Gasteiger charge is 2.22. The zero-order valence-electron chi connectivity index (χ0n) is 16.6. The van der Waals surface area contributed by atoms with Gasteiger partial charge in [-0.05, 0) is 66.3 Å². The van der Waals surface area contributed by atoms with Crippen molar-refractivity contribution in [2.45, 2.75) is 40.0 Å². The van der Waals surface area contributed by atoms with Crippen molar-refractivity contribution in [3.05, 3.63) is 52.0 Å². The second kappa shape index (κ2) is 8.23. The molecule has 0 aromatic heterocycles. The Labute approximate surface area is 170 Å². The first kappa shape index (κ1) is 20.2. The highest BCUT2D eigenvalue weighted by molar-refractivity contribution is 6.31. The summed E-state index contributed by atoms with van der Waals surface area (Å²) in [7, 11) is 0. The number of amides is 2. The number of carbonyl (C=O) groups excluding carboxylic acids is 2. The molecule has 148 valence electrons. The van der Waals surface area contributed by atoms with Crippen LogP contribution in [-0.2, 0) is 16.0 Å². The Bertz CT molecular complexity index is 924. The van der Waals surface area contributed by atoms with Crippen molar-refractivity contribution in [2.75, 3.05) is 23.4 Å². The average molecular weight is 401 g/mol. The van der Waals surface area contributed by atoms with Gasteiger partial charge in [0.1, 0.15) is 5.75 Å². The Kier molecular flexibility index (Phi) is 5.94. The summed E-state index contributed by atoms with van der Waals surface area (Å²) in [5.41, 5.74) is 4.57. The molecule has 1 aliphatic heterocycles. The van der Waals surface area contributed by atoms with Crippen molar-refractivity contribution in [1.29, 1.82) is 0 Å². The lowest BCUT2D eigenvalue weighted by Gasteiger charge is -2.16. The average Bonchev–Trinajstić information content (AvgIpc) is 3.04. The van der Waals surface area contributed by atoms with E-state index in [9.17, 15) is 9.59 Å². The molecule has 1 heterocycles. The van der Waals surface area contributed by atoms with E-state index in [2.05, 4.69) is 19.2 Å². The Morgan fingerprint density at radius 1 is 1.25 bits per heavy atom. The number of nitrogens with one attached hydrogen (secondary N) is 1. The number of ether oxygens (including phenoxy) is 1. The summed E-state index contributed by atoms with van der Waals surface area (Å²) < 4.78 is 5.73. The second-order valence-corrected chi connectivity index (χ2v) is 7.80. The number of hydrogen-bond acceptors (Lipinski definition) is 3. The van der Waals surface area contributed by atoms with E-state index in [1.165, 1.54) is 0 Å². The van der Waals surface area contributed by atoms with Gasteiger partial charge in [0, 0.05) is 29.9 Å². The first-order valence-electron chi connectivity index (χ1n) is 9.40. The van der Waals surface area contributed by atoms with Gasteiger partial charge >= 0.3 is 0 Å². The van der Waals surface area contributed by atoms with E-state index < -0.39 is 0 Å². The van der Waals surface area contributed by atoms with Crippen molar-refractivity contribution in [3.63, 3.8) is 0 Å². The van der Waals surface area contributed by atoms with Crippen LogP contribution in [0.25, 0.3) is 0 Å². The van der Waals surface area contributed by atoms with E-state index >= 15 is 0 Å². The van der Waals surface area contributed by atoms with Crippen LogP contribution in [0.2, 0.25) is 5.02 Å². The molecule has 5 nitrogen and oxygen atoms in total. The Morgan fingerprint density at radius 2 is 2.00 bits per heavy atom. The lowest BCUT2D eigenvalue weighted by atomic mass is 10.0. The number of anilines is 2. The van der Waals surface area contributed by atoms with Crippen molar-refractivity contribution in [3.8, 4) is 5.75 Å². The molecule has 6 heteroatoms. The normalized spacial score (nSPS) is 12.9. The minimum Gasteiger partial charge on any atom is -0.483 e. The van der Waals surface area contributed by atoms with Crippen LogP contribution >= 0.6 is 11.6 Å². The lowest BCUT2D eigenvalue weighted by Crippen LogP contribution is -2.25. The molecule has 0 saturated heterocycles. The zero-order chi connectivity index (χ0) is 20.4. The number of carbonyl (C=O) groups is 2. The SMILES string of the molecule is CC(=O)N1CCc2cc(NC(=O)COc3cc(C(C)C)c(Cl)cc3C)ccc21. The first-order chi connectivity index (χ1) is 13.3. The molecule has 2 amide bonds. The summed E-state index contributed by atoms with van der Waals surface area (Å²) >= 11 is 6.28. The minimum absolute atomic E-state index is 0.0306. The second-order valence-electron chi connectivity index (χ2n) is 7.39. The Balaban J connectivity index is 1.64. The van der Waals surface area contributed by atoms with Crippen molar-refractivity contribution >= 4 is 34.8 Å². The fourth-order valence-corrected chi connectivity index (χ4v) is 3.85. The van der Waals surface area contributed by atoms with Crippen molar-refractivity contribution < 1.29 is 14.3 Å². The number of fused-ring (bicyclic) bond motifs is 1. The highest BCUT2D eigenvalue weighted by atomic mass is 35.5. The third-order valence-corrected chi connectivity index (χ3v) is 5.24. The summed E-state index contributed by atoms with van der Waals surface area (Å²) in [6, 6.07) is 9.37. The molecule has 0 spiro atoms. The fourth-order valence-electron chi connectivity index (χ4n) is 3.41. The number of aryl methyl sites for hydroxylation is 1. The summed E-state index contributed by atoms with van der Waals surface area (Å²) in [6.45, 7) is 8.19. The Morgan fingerprint density at radius 3 is 2.68 bits per heavy atom. The summed E-state index contributed by atoms with van der Waals surface area (Å²) in [6.07, 6.45) is 0.789. The van der Waals surface area contributed by atoms with Crippen molar-refractivity contribution in [2.24, 2.45) is 0 Å². The van der Waals surface area contributed by atoms with Gasteiger partial charge in [-0.1, -0.05) is 25.4 Å². The van der Waals surface area contributed by atoms with Crippen LogP contribution in [0.15, 0.2) is 30.3 Å². The maximum atomic E-state index is 12.3. The topological polar surface area (TPSA) is 58.6 Å². The standard InChI is InChI=1S/C22H25ClN2O3/c1-13(2)18-11-21(14(3)9-19(18)23)28-12-22(27)24-17-5-6-20-16(10-17)7-8-25(20)15(4)26/h5-6,9-11,13H,7-8,12H2,1-4H3,(H,24,27). The van der Waals surface area contributed by atoms with E-state index in [0.717, 1.165) is 28.8 Å². The smallest absolute Gasteiger partial charge is 0.262 e. The molecule has 28 heavy (non-hydrogen) atoms. The van der Waals surface area contributed by atoms with Crippen LogP contribution in [0, 0.1) is 6.92 Å². The molecular weight excluding hydrogens is 376 g/mol. The third kappa shape index (κ3) is 4.30. The quantitative estimate of drug-likeness (QED) is 0.791. The van der Waals surface area contributed by atoms with E-state index in [1.54, 1.807) is 11.8 Å². The Hall–Kier alpha value is -2.53. The van der Waals surface area contributed by atoms with Crippen LogP contribution in [-0.4, -0.2) is 25.0 Å². The monoisotopic (exact) mass is 400 g/mol. The molecule has 2 aromatic carbocycles. The molecule has 0 saturated carbocycles. The van der Waals surface area contributed by atoms with E-state index in [-0.39, 0.29) is 24.3 Å². The third-order valence-electron chi connectivity index (χ3n) is 4.91. The van der Waals surface area contributed by atoms with E-state index in [1.807, 2.05) is 37.3 Å². The molecule has 0 atom stereocenters. The number of hydrogen-bond donors (Lipinski definition) is 1. The van der Waals surface area contributed by atoms with Crippen LogP contribution in [0.1, 0.15) is 43.4 Å². The number of rotatable bonds is 5. The molecule has 0 unspecified atom stereocenters. The number of halogens is 1. The highest BCUT2D eigenvalue weighted by Crippen LogP contribution is 2.32. The molecule has 0 bridgehead atoms. The van der Waals surface area contributed by atoms with Gasteiger partial charge in [0.15, 0.2) is 6.61 Å². The van der Waals surface area contributed by atoms with Crippen LogP contribution in [0.4, 0.5) is 11.4 Å². The first-order valence-corrected chi connectivity index (χ1v) is 9.77. The zero-order valence-corrected chi connectivity index (χ0v) is 17.4. The molecular formula is C22H25ClN2O3. The van der Waals surface area contributed by atoms with Gasteiger partial charge in [0.25, 0.3) is 5.91 Å². The van der Waals surface area contributed by atoms with Gasteiger partial charge in [0.05, 0.1) is 0 Å². The summed E-state index contributed by atoms with van der Waals surface area (Å²) in [4.78, 5) is 25.7. The summed E-state index contributed by atoms with van der Waals surface area (Å²) in [5.74, 6) is 0.726. The predicted molar refractivity (Wildman–Crippen MR) is 113 cm³/mol. The van der Waals surface area contributed by atoms with Gasteiger partial charge in [-0.3, -0.25) is 9.59 Å².